The quantitative estimate of drug-likeness (QED) is 0.506. The van der Waals surface area contributed by atoms with Gasteiger partial charge in [0.05, 0.1) is 0 Å². The van der Waals surface area contributed by atoms with Gasteiger partial charge in [-0.2, -0.15) is 0 Å². The Hall–Kier alpha value is -2.08. The number of likely N-dealkylation sites (tertiary alicyclic amines) is 1. The summed E-state index contributed by atoms with van der Waals surface area (Å²) in [5, 5.41) is 6.95. The monoisotopic (exact) mass is 415 g/mol. The largest absolute Gasteiger partial charge is 0.356 e. The van der Waals surface area contributed by atoms with E-state index in [4.69, 9.17) is 0 Å². The van der Waals surface area contributed by atoms with Gasteiger partial charge in [-0.1, -0.05) is 32.9 Å². The summed E-state index contributed by atoms with van der Waals surface area (Å²) in [5.74, 6) is 2.32. The number of aliphatic imine (C=N–C) groups is 1. The van der Waals surface area contributed by atoms with Gasteiger partial charge in [0.1, 0.15) is 0 Å². The lowest BCUT2D eigenvalue weighted by molar-refractivity contribution is 0.0827. The maximum Gasteiger partial charge on any atom is 0.253 e. The minimum absolute atomic E-state index is 0.0362. The van der Waals surface area contributed by atoms with Crippen molar-refractivity contribution in [3.8, 4) is 0 Å². The Kier molecular flexibility index (Phi) is 9.63. The van der Waals surface area contributed by atoms with Crippen molar-refractivity contribution in [2.24, 2.45) is 16.8 Å². The van der Waals surface area contributed by atoms with E-state index in [-0.39, 0.29) is 5.91 Å². The molecule has 1 heterocycles. The molecule has 1 saturated heterocycles. The molecule has 1 fully saturated rings. The van der Waals surface area contributed by atoms with Gasteiger partial charge in [-0.25, -0.2) is 0 Å². The zero-order chi connectivity index (χ0) is 22.1. The third-order valence-electron chi connectivity index (χ3n) is 6.05. The molecule has 0 spiro atoms. The molecule has 1 unspecified atom stereocenters. The second-order valence-corrected chi connectivity index (χ2v) is 9.06. The van der Waals surface area contributed by atoms with E-state index in [1.807, 2.05) is 25.2 Å². The Morgan fingerprint density at radius 2 is 1.93 bits per heavy atom. The van der Waals surface area contributed by atoms with Crippen molar-refractivity contribution in [3.63, 3.8) is 0 Å². The van der Waals surface area contributed by atoms with Crippen molar-refractivity contribution in [1.82, 2.24) is 20.4 Å². The van der Waals surface area contributed by atoms with Gasteiger partial charge in [0.25, 0.3) is 5.91 Å². The first-order chi connectivity index (χ1) is 14.3. The van der Waals surface area contributed by atoms with Crippen LogP contribution >= 0.6 is 0 Å². The summed E-state index contributed by atoms with van der Waals surface area (Å²) in [5.41, 5.74) is 1.88. The number of guanidine groups is 1. The predicted molar refractivity (Wildman–Crippen MR) is 126 cm³/mol. The summed E-state index contributed by atoms with van der Waals surface area (Å²) in [4.78, 5) is 20.8. The summed E-state index contributed by atoms with van der Waals surface area (Å²) in [6, 6.07) is 8.38. The molecule has 0 aromatic heterocycles. The molecule has 1 aliphatic heterocycles. The normalized spacial score (nSPS) is 17.1. The van der Waals surface area contributed by atoms with Crippen LogP contribution in [0.5, 0.6) is 0 Å². The van der Waals surface area contributed by atoms with Crippen molar-refractivity contribution in [2.45, 2.75) is 46.1 Å². The number of carbonyl (C=O) groups excluding carboxylic acids is 1. The molecule has 0 bridgehead atoms. The number of nitrogens with zero attached hydrogens (tertiary/aromatic N) is 3. The first-order valence-electron chi connectivity index (χ1n) is 11.3. The molecule has 30 heavy (non-hydrogen) atoms. The number of amides is 1. The van der Waals surface area contributed by atoms with Crippen LogP contribution in [0.3, 0.4) is 0 Å². The number of benzene rings is 1. The van der Waals surface area contributed by atoms with Crippen LogP contribution in [0.1, 0.15) is 49.5 Å². The Morgan fingerprint density at radius 1 is 1.23 bits per heavy atom. The molecule has 168 valence electrons. The minimum atomic E-state index is 0.0362. The highest BCUT2D eigenvalue weighted by Gasteiger charge is 2.25. The predicted octanol–water partition coefficient (Wildman–Crippen LogP) is 2.85. The maximum absolute atomic E-state index is 12.2. The molecule has 2 rings (SSSR count). The van der Waals surface area contributed by atoms with Crippen LogP contribution in [0, 0.1) is 11.8 Å². The molecule has 6 nitrogen and oxygen atoms in total. The lowest BCUT2D eigenvalue weighted by atomic mass is 9.94. The van der Waals surface area contributed by atoms with Crippen LogP contribution in [0.25, 0.3) is 0 Å². The molecule has 1 aromatic rings. The second kappa shape index (κ2) is 11.9. The SMILES string of the molecule is CN=C(NCCc1cccc(C(=O)N(C)C)c1)NCC(C(C)C)N1CCC(C)CC1. The van der Waals surface area contributed by atoms with Gasteiger partial charge < -0.3 is 15.5 Å². The molecule has 1 aromatic carbocycles. The summed E-state index contributed by atoms with van der Waals surface area (Å²) < 4.78 is 0. The number of nitrogens with one attached hydrogen (secondary N) is 2. The van der Waals surface area contributed by atoms with Gasteiger partial charge in [-0.15, -0.1) is 0 Å². The van der Waals surface area contributed by atoms with Crippen LogP contribution in [0.4, 0.5) is 0 Å². The molecule has 6 heteroatoms. The molecule has 0 aliphatic carbocycles. The fraction of sp³-hybridized carbons (Fsp3) is 0.667. The van der Waals surface area contributed by atoms with E-state index in [1.165, 1.54) is 25.9 Å². The Morgan fingerprint density at radius 3 is 2.53 bits per heavy atom. The third kappa shape index (κ3) is 7.31. The highest BCUT2D eigenvalue weighted by atomic mass is 16.2. The molecular weight excluding hydrogens is 374 g/mol. The number of rotatable bonds is 8. The van der Waals surface area contributed by atoms with Gasteiger partial charge in [-0.3, -0.25) is 14.7 Å². The fourth-order valence-corrected chi connectivity index (χ4v) is 4.01. The Labute approximate surface area is 183 Å². The van der Waals surface area contributed by atoms with E-state index in [0.29, 0.717) is 12.0 Å². The Bertz CT molecular complexity index is 693. The summed E-state index contributed by atoms with van der Waals surface area (Å²) >= 11 is 0. The first kappa shape index (κ1) is 24.2. The van der Waals surface area contributed by atoms with Crippen molar-refractivity contribution >= 4 is 11.9 Å². The van der Waals surface area contributed by atoms with Crippen LogP contribution in [0.2, 0.25) is 0 Å². The molecular formula is C24H41N5O. The lowest BCUT2D eigenvalue weighted by Gasteiger charge is -2.39. The zero-order valence-corrected chi connectivity index (χ0v) is 19.7. The summed E-state index contributed by atoms with van der Waals surface area (Å²) in [7, 11) is 5.38. The summed E-state index contributed by atoms with van der Waals surface area (Å²) in [6.45, 7) is 11.0. The van der Waals surface area contributed by atoms with E-state index >= 15 is 0 Å². The van der Waals surface area contributed by atoms with Gasteiger partial charge in [0.2, 0.25) is 0 Å². The van der Waals surface area contributed by atoms with E-state index < -0.39 is 0 Å². The van der Waals surface area contributed by atoms with Crippen LogP contribution in [-0.4, -0.2) is 75.0 Å². The van der Waals surface area contributed by atoms with Crippen molar-refractivity contribution in [3.05, 3.63) is 35.4 Å². The third-order valence-corrected chi connectivity index (χ3v) is 6.05. The molecule has 1 atom stereocenters. The maximum atomic E-state index is 12.2. The highest BCUT2D eigenvalue weighted by Crippen LogP contribution is 2.21. The zero-order valence-electron chi connectivity index (χ0n) is 19.7. The van der Waals surface area contributed by atoms with E-state index in [1.54, 1.807) is 19.0 Å². The summed E-state index contributed by atoms with van der Waals surface area (Å²) in [6.07, 6.45) is 3.43. The van der Waals surface area contributed by atoms with Crippen LogP contribution < -0.4 is 10.6 Å². The van der Waals surface area contributed by atoms with Crippen LogP contribution in [-0.2, 0) is 6.42 Å². The van der Waals surface area contributed by atoms with Gasteiger partial charge in [0, 0.05) is 45.8 Å². The van der Waals surface area contributed by atoms with Crippen molar-refractivity contribution in [1.29, 1.82) is 0 Å². The average Bonchev–Trinajstić information content (AvgIpc) is 2.73. The molecule has 1 aliphatic rings. The fourth-order valence-electron chi connectivity index (χ4n) is 4.01. The van der Waals surface area contributed by atoms with E-state index in [0.717, 1.165) is 42.5 Å². The minimum Gasteiger partial charge on any atom is -0.356 e. The topological polar surface area (TPSA) is 60.0 Å². The van der Waals surface area contributed by atoms with Crippen LogP contribution in [0.15, 0.2) is 29.3 Å². The number of hydrogen-bond donors (Lipinski definition) is 2. The van der Waals surface area contributed by atoms with Gasteiger partial charge in [-0.05, 0) is 61.9 Å². The number of carbonyl (C=O) groups is 1. The van der Waals surface area contributed by atoms with Gasteiger partial charge in [0.15, 0.2) is 5.96 Å². The molecule has 0 radical (unpaired) electrons. The van der Waals surface area contributed by atoms with Crippen molar-refractivity contribution in [2.75, 3.05) is 47.3 Å². The number of hydrogen-bond acceptors (Lipinski definition) is 3. The van der Waals surface area contributed by atoms with Gasteiger partial charge >= 0.3 is 0 Å². The number of piperidine rings is 1. The smallest absolute Gasteiger partial charge is 0.253 e. The average molecular weight is 416 g/mol. The van der Waals surface area contributed by atoms with Crippen molar-refractivity contribution < 1.29 is 4.79 Å². The Balaban J connectivity index is 1.83. The molecule has 2 N–H and O–H groups in total. The van der Waals surface area contributed by atoms with E-state index in [2.05, 4.69) is 47.4 Å². The molecule has 0 saturated carbocycles. The second-order valence-electron chi connectivity index (χ2n) is 9.06. The first-order valence-corrected chi connectivity index (χ1v) is 11.3. The molecule has 1 amide bonds. The lowest BCUT2D eigenvalue weighted by Crippen LogP contribution is -2.51. The highest BCUT2D eigenvalue weighted by molar-refractivity contribution is 5.94. The van der Waals surface area contributed by atoms with E-state index in [9.17, 15) is 4.79 Å². The standard InChI is InChI=1S/C24H41N5O/c1-18(2)22(29-14-11-19(3)12-15-29)17-27-24(25-4)26-13-10-20-8-7-9-21(16-20)23(30)28(5)6/h7-9,16,18-19,22H,10-15,17H2,1-6H3,(H2,25,26,27).